The largest absolute Gasteiger partial charge is 0.481 e. The Morgan fingerprint density at radius 3 is 1.91 bits per heavy atom. The van der Waals surface area contributed by atoms with Gasteiger partial charge in [-0.25, -0.2) is 0 Å². The molecule has 33 heavy (non-hydrogen) atoms. The third-order valence-corrected chi connectivity index (χ3v) is 4.92. The van der Waals surface area contributed by atoms with Crippen LogP contribution in [0, 0.1) is 5.41 Å². The van der Waals surface area contributed by atoms with Crippen molar-refractivity contribution in [1.29, 1.82) is 0 Å². The quantitative estimate of drug-likeness (QED) is 0.149. The summed E-state index contributed by atoms with van der Waals surface area (Å²) in [5.74, 6) is -4.20. The average Bonchev–Trinajstić information content (AvgIpc) is 3.24. The second-order valence-electron chi connectivity index (χ2n) is 7.58. The zero-order valence-electron chi connectivity index (χ0n) is 17.8. The molecule has 2 rings (SSSR count). The van der Waals surface area contributed by atoms with Crippen molar-refractivity contribution in [2.45, 2.75) is 6.42 Å². The van der Waals surface area contributed by atoms with Crippen molar-refractivity contribution >= 4 is 41.8 Å². The molecule has 1 N–H and O–H groups in total. The van der Waals surface area contributed by atoms with E-state index in [1.165, 1.54) is 11.9 Å². The van der Waals surface area contributed by atoms with E-state index in [-0.39, 0.29) is 39.3 Å². The number of aliphatic carboxylic acids is 1. The minimum atomic E-state index is -1.35. The Balaban J connectivity index is 2.38. The molecule has 0 aliphatic carbocycles. The highest BCUT2D eigenvalue weighted by Gasteiger charge is 2.43. The van der Waals surface area contributed by atoms with E-state index in [9.17, 15) is 33.6 Å². The van der Waals surface area contributed by atoms with Crippen LogP contribution in [0.2, 0.25) is 0 Å². The van der Waals surface area contributed by atoms with Crippen LogP contribution in [0.3, 0.4) is 0 Å². The maximum atomic E-state index is 12.4. The smallest absolute Gasteiger partial charge is 0.305 e. The number of ether oxygens (including phenoxy) is 1. The van der Waals surface area contributed by atoms with Crippen molar-refractivity contribution in [1.82, 2.24) is 14.7 Å². The summed E-state index contributed by atoms with van der Waals surface area (Å²) in [6, 6.07) is 0. The van der Waals surface area contributed by atoms with Crippen LogP contribution < -0.4 is 0 Å². The molecule has 5 amide bonds. The van der Waals surface area contributed by atoms with Crippen LogP contribution in [-0.2, 0) is 38.3 Å². The van der Waals surface area contributed by atoms with Gasteiger partial charge in [0.15, 0.2) is 0 Å². The molecule has 0 spiro atoms. The summed E-state index contributed by atoms with van der Waals surface area (Å²) in [7, 11) is 1.39. The first kappa shape index (κ1) is 25.3. The van der Waals surface area contributed by atoms with Gasteiger partial charge >= 0.3 is 5.97 Å². The molecule has 0 atom stereocenters. The van der Waals surface area contributed by atoms with Crippen molar-refractivity contribution in [3.05, 3.63) is 36.5 Å². The van der Waals surface area contributed by atoms with E-state index >= 15 is 0 Å². The Bertz CT molecular complexity index is 871. The zero-order valence-corrected chi connectivity index (χ0v) is 17.8. The molecular weight excluding hydrogens is 438 g/mol. The third kappa shape index (κ3) is 6.77. The highest BCUT2D eigenvalue weighted by Crippen LogP contribution is 2.27. The van der Waals surface area contributed by atoms with Crippen LogP contribution in [0.1, 0.15) is 6.42 Å². The summed E-state index contributed by atoms with van der Waals surface area (Å²) in [6.07, 6.45) is 6.32. The first-order valence-corrected chi connectivity index (χ1v) is 9.82. The Morgan fingerprint density at radius 2 is 1.48 bits per heavy atom. The predicted octanol–water partition coefficient (Wildman–Crippen LogP) is -1.47. The first-order valence-electron chi connectivity index (χ1n) is 9.82. The standard InChI is InChI=1S/C21H23N3O9/c1-22(15(26)3-2-9-25)11-21(14-33-10-8-20(31)32,12-23-16(27)4-5-17(23)28)13-24-18(29)6-7-19(24)30/h2-7,9H,8,10-14H2,1H3,(H,31,32)/b3-2-. The van der Waals surface area contributed by atoms with Gasteiger partial charge in [0.05, 0.1) is 19.6 Å². The third-order valence-electron chi connectivity index (χ3n) is 4.92. The molecule has 12 nitrogen and oxygen atoms in total. The van der Waals surface area contributed by atoms with Gasteiger partial charge in [0.25, 0.3) is 23.6 Å². The van der Waals surface area contributed by atoms with Crippen LogP contribution in [0.5, 0.6) is 0 Å². The molecule has 0 aromatic carbocycles. The minimum Gasteiger partial charge on any atom is -0.481 e. The second-order valence-corrected chi connectivity index (χ2v) is 7.58. The highest BCUT2D eigenvalue weighted by molar-refractivity contribution is 6.13. The number of aldehydes is 1. The van der Waals surface area contributed by atoms with Crippen molar-refractivity contribution in [2.75, 3.05) is 39.9 Å². The zero-order chi connectivity index (χ0) is 24.6. The van der Waals surface area contributed by atoms with E-state index in [0.717, 1.165) is 46.3 Å². The van der Waals surface area contributed by atoms with Gasteiger partial charge in [0.2, 0.25) is 5.91 Å². The van der Waals surface area contributed by atoms with Gasteiger partial charge in [-0.15, -0.1) is 0 Å². The summed E-state index contributed by atoms with van der Waals surface area (Å²) < 4.78 is 5.50. The lowest BCUT2D eigenvalue weighted by Crippen LogP contribution is -2.56. The number of carbonyl (C=O) groups excluding carboxylic acids is 6. The van der Waals surface area contributed by atoms with Crippen LogP contribution >= 0.6 is 0 Å². The summed E-state index contributed by atoms with van der Waals surface area (Å²) in [5.41, 5.74) is -1.35. The molecule has 2 aliphatic heterocycles. The van der Waals surface area contributed by atoms with Gasteiger partial charge in [-0.1, -0.05) is 0 Å². The molecule has 0 fully saturated rings. The topological polar surface area (TPSA) is 159 Å². The average molecular weight is 461 g/mol. The molecule has 0 saturated heterocycles. The monoisotopic (exact) mass is 461 g/mol. The molecule has 12 heteroatoms. The number of carboxylic acids is 1. The van der Waals surface area contributed by atoms with Gasteiger partial charge in [-0.05, 0) is 6.08 Å². The maximum Gasteiger partial charge on any atom is 0.305 e. The summed E-state index contributed by atoms with van der Waals surface area (Å²) >= 11 is 0. The first-order chi connectivity index (χ1) is 15.6. The van der Waals surface area contributed by atoms with E-state index in [0.29, 0.717) is 6.29 Å². The number of amides is 5. The van der Waals surface area contributed by atoms with Crippen molar-refractivity contribution in [2.24, 2.45) is 5.41 Å². The van der Waals surface area contributed by atoms with E-state index in [4.69, 9.17) is 9.84 Å². The van der Waals surface area contributed by atoms with Gasteiger partial charge in [0.1, 0.15) is 6.29 Å². The number of allylic oxidation sites excluding steroid dienone is 1. The van der Waals surface area contributed by atoms with Crippen molar-refractivity contribution in [3.8, 4) is 0 Å². The lowest BCUT2D eigenvalue weighted by atomic mass is 9.86. The normalized spacial score (nSPS) is 15.9. The van der Waals surface area contributed by atoms with E-state index in [1.54, 1.807) is 0 Å². The fourth-order valence-corrected chi connectivity index (χ4v) is 3.41. The van der Waals surface area contributed by atoms with Gasteiger partial charge in [0, 0.05) is 62.5 Å². The number of imide groups is 2. The number of hydrogen-bond acceptors (Lipinski definition) is 8. The summed E-state index contributed by atoms with van der Waals surface area (Å²) in [6.45, 7) is -1.35. The number of likely N-dealkylation sites (N-methyl/N-ethyl adjacent to an activating group) is 1. The molecule has 176 valence electrons. The van der Waals surface area contributed by atoms with Crippen LogP contribution in [0.15, 0.2) is 36.5 Å². The van der Waals surface area contributed by atoms with E-state index < -0.39 is 40.9 Å². The minimum absolute atomic E-state index is 0.198. The molecule has 0 unspecified atom stereocenters. The fourth-order valence-electron chi connectivity index (χ4n) is 3.41. The lowest BCUT2D eigenvalue weighted by Gasteiger charge is -2.40. The number of nitrogens with zero attached hydrogens (tertiary/aromatic N) is 3. The maximum absolute atomic E-state index is 12.4. The van der Waals surface area contributed by atoms with Gasteiger partial charge in [-0.3, -0.25) is 43.4 Å². The van der Waals surface area contributed by atoms with Crippen LogP contribution in [0.25, 0.3) is 0 Å². The lowest BCUT2D eigenvalue weighted by molar-refractivity contribution is -0.143. The van der Waals surface area contributed by atoms with Gasteiger partial charge < -0.3 is 14.7 Å². The van der Waals surface area contributed by atoms with Crippen LogP contribution in [0.4, 0.5) is 0 Å². The molecule has 2 heterocycles. The Labute approximate surface area is 188 Å². The SMILES string of the molecule is CN(CC(COCCC(=O)O)(CN1C(=O)C=CC1=O)CN1C(=O)C=CC1=O)C(=O)/C=C\C=O. The molecule has 0 aromatic rings. The van der Waals surface area contributed by atoms with Crippen molar-refractivity contribution in [3.63, 3.8) is 0 Å². The predicted molar refractivity (Wildman–Crippen MR) is 110 cm³/mol. The second kappa shape index (κ2) is 11.1. The number of carbonyl (C=O) groups is 7. The molecule has 0 saturated carbocycles. The molecule has 0 bridgehead atoms. The van der Waals surface area contributed by atoms with E-state index in [2.05, 4.69) is 0 Å². The molecular formula is C21H23N3O9. The Kier molecular flexibility index (Phi) is 8.51. The molecule has 2 aliphatic rings. The fraction of sp³-hybridized carbons (Fsp3) is 0.381. The number of hydrogen-bond donors (Lipinski definition) is 1. The van der Waals surface area contributed by atoms with E-state index in [1.807, 2.05) is 0 Å². The number of carboxylic acid groups (broad SMARTS) is 1. The Morgan fingerprint density at radius 1 is 1.00 bits per heavy atom. The number of rotatable bonds is 13. The summed E-state index contributed by atoms with van der Waals surface area (Å²) in [5, 5.41) is 8.86. The van der Waals surface area contributed by atoms with Crippen LogP contribution in [-0.4, -0.2) is 101 Å². The summed E-state index contributed by atoms with van der Waals surface area (Å²) in [4.78, 5) is 85.6. The molecule has 0 aromatic heterocycles. The Hall–Kier alpha value is -3.93. The highest BCUT2D eigenvalue weighted by atomic mass is 16.5. The van der Waals surface area contributed by atoms with Crippen molar-refractivity contribution < 1.29 is 43.4 Å². The molecule has 0 radical (unpaired) electrons. The van der Waals surface area contributed by atoms with Gasteiger partial charge in [-0.2, -0.15) is 0 Å².